The van der Waals surface area contributed by atoms with E-state index in [1.54, 1.807) is 0 Å². The topological polar surface area (TPSA) is 24.5 Å². The number of nitrogens with zero attached hydrogens (tertiary/aromatic N) is 1. The molecule has 0 spiro atoms. The molecule has 0 radical (unpaired) electrons. The summed E-state index contributed by atoms with van der Waals surface area (Å²) in [6, 6.07) is 1.58. The fourth-order valence-electron chi connectivity index (χ4n) is 2.75. The molecule has 2 aliphatic heterocycles. The molecule has 2 saturated heterocycles. The minimum absolute atomic E-state index is 0.371. The maximum Gasteiger partial charge on any atom is 0.0670 e. The first kappa shape index (κ1) is 10.4. The van der Waals surface area contributed by atoms with Gasteiger partial charge in [-0.3, -0.25) is 4.90 Å². The summed E-state index contributed by atoms with van der Waals surface area (Å²) in [6.07, 6.45) is 4.44. The van der Waals surface area contributed by atoms with Crippen molar-refractivity contribution in [1.29, 1.82) is 0 Å². The third-order valence-corrected chi connectivity index (χ3v) is 3.68. The molecule has 0 aromatic heterocycles. The van der Waals surface area contributed by atoms with Crippen molar-refractivity contribution in [1.82, 2.24) is 10.2 Å². The van der Waals surface area contributed by atoms with E-state index in [0.29, 0.717) is 6.10 Å². The Balaban J connectivity index is 1.95. The first-order valence-electron chi connectivity index (χ1n) is 5.80. The highest BCUT2D eigenvalue weighted by Gasteiger charge is 2.35. The van der Waals surface area contributed by atoms with Gasteiger partial charge in [0, 0.05) is 32.3 Å². The van der Waals surface area contributed by atoms with E-state index in [0.717, 1.165) is 18.6 Å². The highest BCUT2D eigenvalue weighted by molar-refractivity contribution is 4.92. The van der Waals surface area contributed by atoms with Crippen LogP contribution in [-0.4, -0.2) is 49.8 Å². The maximum atomic E-state index is 5.36. The Morgan fingerprint density at radius 1 is 1.36 bits per heavy atom. The first-order valence-corrected chi connectivity index (χ1v) is 5.80. The van der Waals surface area contributed by atoms with Gasteiger partial charge >= 0.3 is 0 Å². The van der Waals surface area contributed by atoms with Crippen molar-refractivity contribution in [3.63, 3.8) is 0 Å². The van der Waals surface area contributed by atoms with Crippen LogP contribution in [0.3, 0.4) is 0 Å². The molecule has 14 heavy (non-hydrogen) atoms. The molecule has 3 unspecified atom stereocenters. The molecule has 2 bridgehead atoms. The Labute approximate surface area is 86.8 Å². The summed E-state index contributed by atoms with van der Waals surface area (Å²) in [5.41, 5.74) is 0. The molecule has 0 aliphatic carbocycles. The lowest BCUT2D eigenvalue weighted by Gasteiger charge is -2.29. The van der Waals surface area contributed by atoms with Gasteiger partial charge in [-0.2, -0.15) is 0 Å². The monoisotopic (exact) mass is 198 g/mol. The molecule has 3 nitrogen and oxygen atoms in total. The lowest BCUT2D eigenvalue weighted by atomic mass is 10.1. The SMILES string of the molecule is COC(C)CN1C2CCNCC1CC2. The molecule has 2 fully saturated rings. The zero-order valence-corrected chi connectivity index (χ0v) is 9.33. The summed E-state index contributed by atoms with van der Waals surface area (Å²) in [7, 11) is 1.81. The third kappa shape index (κ3) is 2.10. The Bertz CT molecular complexity index is 172. The highest BCUT2D eigenvalue weighted by Crippen LogP contribution is 2.27. The van der Waals surface area contributed by atoms with E-state index in [9.17, 15) is 0 Å². The smallest absolute Gasteiger partial charge is 0.0670 e. The van der Waals surface area contributed by atoms with Gasteiger partial charge in [0.1, 0.15) is 0 Å². The van der Waals surface area contributed by atoms with Crippen LogP contribution >= 0.6 is 0 Å². The Morgan fingerprint density at radius 3 is 2.93 bits per heavy atom. The van der Waals surface area contributed by atoms with Crippen molar-refractivity contribution in [3.8, 4) is 0 Å². The highest BCUT2D eigenvalue weighted by atomic mass is 16.5. The number of ether oxygens (including phenoxy) is 1. The van der Waals surface area contributed by atoms with Crippen molar-refractivity contribution in [3.05, 3.63) is 0 Å². The average molecular weight is 198 g/mol. The molecule has 0 aromatic rings. The van der Waals surface area contributed by atoms with Crippen LogP contribution in [0.5, 0.6) is 0 Å². The molecule has 3 atom stereocenters. The molecule has 2 heterocycles. The molecule has 0 amide bonds. The molecule has 0 saturated carbocycles. The number of hydrogen-bond donors (Lipinski definition) is 1. The van der Waals surface area contributed by atoms with E-state index >= 15 is 0 Å². The molecule has 2 rings (SSSR count). The van der Waals surface area contributed by atoms with Crippen molar-refractivity contribution in [2.75, 3.05) is 26.7 Å². The van der Waals surface area contributed by atoms with Crippen LogP contribution in [-0.2, 0) is 4.74 Å². The van der Waals surface area contributed by atoms with Crippen LogP contribution in [0.4, 0.5) is 0 Å². The second-order valence-electron chi connectivity index (χ2n) is 4.62. The second-order valence-corrected chi connectivity index (χ2v) is 4.62. The zero-order chi connectivity index (χ0) is 9.97. The average Bonchev–Trinajstić information content (AvgIpc) is 2.40. The predicted octanol–water partition coefficient (Wildman–Crippen LogP) is 0.848. The van der Waals surface area contributed by atoms with Crippen molar-refractivity contribution < 1.29 is 4.74 Å². The minimum Gasteiger partial charge on any atom is -0.380 e. The van der Waals surface area contributed by atoms with Gasteiger partial charge in [-0.15, -0.1) is 0 Å². The molecule has 0 aromatic carbocycles. The van der Waals surface area contributed by atoms with E-state index in [2.05, 4.69) is 17.1 Å². The van der Waals surface area contributed by atoms with Crippen molar-refractivity contribution in [2.45, 2.75) is 44.4 Å². The van der Waals surface area contributed by atoms with Crippen LogP contribution in [0.25, 0.3) is 0 Å². The van der Waals surface area contributed by atoms with Crippen LogP contribution in [0, 0.1) is 0 Å². The van der Waals surface area contributed by atoms with Crippen LogP contribution in [0.2, 0.25) is 0 Å². The van der Waals surface area contributed by atoms with Gasteiger partial charge in [-0.1, -0.05) is 0 Å². The van der Waals surface area contributed by atoms with E-state index < -0.39 is 0 Å². The molecule has 2 aliphatic rings. The fraction of sp³-hybridized carbons (Fsp3) is 1.00. The standard InChI is InChI=1S/C11H22N2O/c1-9(14-2)8-13-10-3-4-11(13)7-12-6-5-10/h9-12H,3-8H2,1-2H3. The molecular weight excluding hydrogens is 176 g/mol. The van der Waals surface area contributed by atoms with Crippen LogP contribution in [0.1, 0.15) is 26.2 Å². The Hall–Kier alpha value is -0.120. The summed E-state index contributed by atoms with van der Waals surface area (Å²) in [5.74, 6) is 0. The summed E-state index contributed by atoms with van der Waals surface area (Å²) < 4.78 is 5.36. The Morgan fingerprint density at radius 2 is 2.14 bits per heavy atom. The summed E-state index contributed by atoms with van der Waals surface area (Å²) in [4.78, 5) is 2.66. The van der Waals surface area contributed by atoms with Crippen LogP contribution < -0.4 is 5.32 Å². The third-order valence-electron chi connectivity index (χ3n) is 3.68. The van der Waals surface area contributed by atoms with Crippen molar-refractivity contribution >= 4 is 0 Å². The Kier molecular flexibility index (Phi) is 3.42. The van der Waals surface area contributed by atoms with Crippen LogP contribution in [0.15, 0.2) is 0 Å². The van der Waals surface area contributed by atoms with Gasteiger partial charge in [-0.25, -0.2) is 0 Å². The number of nitrogens with one attached hydrogen (secondary N) is 1. The minimum atomic E-state index is 0.371. The molecular formula is C11H22N2O. The molecule has 1 N–H and O–H groups in total. The van der Waals surface area contributed by atoms with Gasteiger partial charge in [0.05, 0.1) is 6.10 Å². The van der Waals surface area contributed by atoms with E-state index in [-0.39, 0.29) is 0 Å². The fourth-order valence-corrected chi connectivity index (χ4v) is 2.75. The number of hydrogen-bond acceptors (Lipinski definition) is 3. The summed E-state index contributed by atoms with van der Waals surface area (Å²) in [5, 5.41) is 3.52. The molecule has 82 valence electrons. The lowest BCUT2D eigenvalue weighted by molar-refractivity contribution is 0.0599. The largest absolute Gasteiger partial charge is 0.380 e. The number of methoxy groups -OCH3 is 1. The lowest BCUT2D eigenvalue weighted by Crippen LogP contribution is -2.42. The molecule has 3 heteroatoms. The first-order chi connectivity index (χ1) is 6.81. The van der Waals surface area contributed by atoms with E-state index in [1.165, 1.54) is 32.4 Å². The predicted molar refractivity (Wildman–Crippen MR) is 57.5 cm³/mol. The van der Waals surface area contributed by atoms with E-state index in [4.69, 9.17) is 4.74 Å². The van der Waals surface area contributed by atoms with E-state index in [1.807, 2.05) is 7.11 Å². The summed E-state index contributed by atoms with van der Waals surface area (Å²) >= 11 is 0. The quantitative estimate of drug-likeness (QED) is 0.727. The number of fused-ring (bicyclic) bond motifs is 2. The van der Waals surface area contributed by atoms with Gasteiger partial charge in [0.15, 0.2) is 0 Å². The van der Waals surface area contributed by atoms with Gasteiger partial charge in [0.25, 0.3) is 0 Å². The van der Waals surface area contributed by atoms with Gasteiger partial charge < -0.3 is 10.1 Å². The zero-order valence-electron chi connectivity index (χ0n) is 9.33. The van der Waals surface area contributed by atoms with Gasteiger partial charge in [-0.05, 0) is 32.7 Å². The van der Waals surface area contributed by atoms with Gasteiger partial charge in [0.2, 0.25) is 0 Å². The normalized spacial score (nSPS) is 35.6. The second kappa shape index (κ2) is 4.60. The maximum absolute atomic E-state index is 5.36. The van der Waals surface area contributed by atoms with Crippen molar-refractivity contribution in [2.24, 2.45) is 0 Å². The summed E-state index contributed by atoms with van der Waals surface area (Å²) in [6.45, 7) is 5.64. The number of rotatable bonds is 3.